The fraction of sp³-hybridized carbons (Fsp3) is 0.478. The third-order valence-corrected chi connectivity index (χ3v) is 5.58. The number of hydrogen-bond donors (Lipinski definition) is 1. The van der Waals surface area contributed by atoms with Gasteiger partial charge in [0.05, 0.1) is 6.20 Å². The lowest BCUT2D eigenvalue weighted by molar-refractivity contribution is 0.712. The zero-order valence-electron chi connectivity index (χ0n) is 17.5. The molecule has 1 aliphatic carbocycles. The van der Waals surface area contributed by atoms with Crippen LogP contribution >= 0.6 is 0 Å². The van der Waals surface area contributed by atoms with Crippen molar-refractivity contribution in [3.05, 3.63) is 47.2 Å². The molecule has 0 unspecified atom stereocenters. The summed E-state index contributed by atoms with van der Waals surface area (Å²) in [6, 6.07) is 8.78. The molecule has 0 atom stereocenters. The second-order valence-electron chi connectivity index (χ2n) is 7.97. The van der Waals surface area contributed by atoms with Crippen LogP contribution in [0.4, 0.5) is 17.3 Å². The average Bonchev–Trinajstić information content (AvgIpc) is 3.43. The predicted molar refractivity (Wildman–Crippen MR) is 117 cm³/mol. The van der Waals surface area contributed by atoms with Crippen molar-refractivity contribution in [2.75, 3.05) is 23.3 Å². The summed E-state index contributed by atoms with van der Waals surface area (Å²) >= 11 is 0. The van der Waals surface area contributed by atoms with Gasteiger partial charge in [-0.1, -0.05) is 26.0 Å². The van der Waals surface area contributed by atoms with Crippen LogP contribution in [0.1, 0.15) is 62.1 Å². The van der Waals surface area contributed by atoms with Crippen molar-refractivity contribution in [3.63, 3.8) is 0 Å². The van der Waals surface area contributed by atoms with Gasteiger partial charge in [-0.2, -0.15) is 9.61 Å². The van der Waals surface area contributed by atoms with Gasteiger partial charge in [0.25, 0.3) is 0 Å². The Kier molecular flexibility index (Phi) is 5.25. The highest BCUT2D eigenvalue weighted by molar-refractivity contribution is 5.71. The Morgan fingerprint density at radius 3 is 2.50 bits per heavy atom. The topological polar surface area (TPSA) is 45.5 Å². The quantitative estimate of drug-likeness (QED) is 0.555. The number of nitrogens with zero attached hydrogens (tertiary/aromatic N) is 4. The van der Waals surface area contributed by atoms with Crippen molar-refractivity contribution in [2.45, 2.75) is 59.3 Å². The molecule has 4 rings (SSSR count). The highest BCUT2D eigenvalue weighted by atomic mass is 15.4. The van der Waals surface area contributed by atoms with Crippen LogP contribution in [0.15, 0.2) is 30.5 Å². The van der Waals surface area contributed by atoms with Gasteiger partial charge < -0.3 is 10.2 Å². The van der Waals surface area contributed by atoms with Crippen molar-refractivity contribution in [3.8, 4) is 0 Å². The minimum Gasteiger partial charge on any atom is -0.356 e. The Balaban J connectivity index is 1.74. The maximum Gasteiger partial charge on any atom is 0.159 e. The SMILES string of the molecule is CCCN(CCC)c1c(C)c(Nc2ccc(C3CC3)cc2C)nc2ccnn12. The molecule has 0 bridgehead atoms. The van der Waals surface area contributed by atoms with Crippen molar-refractivity contribution in [1.29, 1.82) is 0 Å². The van der Waals surface area contributed by atoms with E-state index in [0.29, 0.717) is 0 Å². The van der Waals surface area contributed by atoms with Gasteiger partial charge in [0.15, 0.2) is 5.65 Å². The molecule has 1 aliphatic rings. The first-order valence-corrected chi connectivity index (χ1v) is 10.6. The third-order valence-electron chi connectivity index (χ3n) is 5.58. The second-order valence-corrected chi connectivity index (χ2v) is 7.97. The monoisotopic (exact) mass is 377 g/mol. The molecular weight excluding hydrogens is 346 g/mol. The normalized spacial score (nSPS) is 13.9. The molecule has 0 aliphatic heterocycles. The first kappa shape index (κ1) is 18.8. The summed E-state index contributed by atoms with van der Waals surface area (Å²) < 4.78 is 1.98. The van der Waals surface area contributed by atoms with Gasteiger partial charge in [-0.05, 0) is 62.6 Å². The lowest BCUT2D eigenvalue weighted by atomic mass is 10.1. The van der Waals surface area contributed by atoms with Gasteiger partial charge in [-0.15, -0.1) is 0 Å². The molecule has 2 aromatic heterocycles. The Morgan fingerprint density at radius 2 is 1.86 bits per heavy atom. The van der Waals surface area contributed by atoms with Crippen LogP contribution in [-0.4, -0.2) is 27.7 Å². The minimum absolute atomic E-state index is 0.777. The van der Waals surface area contributed by atoms with Gasteiger partial charge in [-0.3, -0.25) is 0 Å². The number of aromatic nitrogens is 3. The number of anilines is 3. The van der Waals surface area contributed by atoms with E-state index in [1.807, 2.05) is 16.8 Å². The average molecular weight is 378 g/mol. The molecule has 1 saturated carbocycles. The summed E-state index contributed by atoms with van der Waals surface area (Å²) in [7, 11) is 0. The van der Waals surface area contributed by atoms with E-state index in [1.54, 1.807) is 0 Å². The lowest BCUT2D eigenvalue weighted by Crippen LogP contribution is -2.28. The fourth-order valence-corrected chi connectivity index (χ4v) is 3.99. The maximum absolute atomic E-state index is 4.87. The van der Waals surface area contributed by atoms with E-state index in [2.05, 4.69) is 61.2 Å². The van der Waals surface area contributed by atoms with E-state index in [-0.39, 0.29) is 0 Å². The Bertz CT molecular complexity index is 965. The van der Waals surface area contributed by atoms with Crippen molar-refractivity contribution >= 4 is 23.0 Å². The molecule has 5 nitrogen and oxygen atoms in total. The van der Waals surface area contributed by atoms with E-state index < -0.39 is 0 Å². The van der Waals surface area contributed by atoms with E-state index >= 15 is 0 Å². The van der Waals surface area contributed by atoms with Gasteiger partial charge >= 0.3 is 0 Å². The van der Waals surface area contributed by atoms with Crippen LogP contribution < -0.4 is 10.2 Å². The number of benzene rings is 1. The van der Waals surface area contributed by atoms with Crippen LogP contribution in [0, 0.1) is 13.8 Å². The first-order chi connectivity index (χ1) is 13.6. The second kappa shape index (κ2) is 7.82. The molecule has 2 heterocycles. The largest absolute Gasteiger partial charge is 0.356 e. The maximum atomic E-state index is 4.87. The molecule has 0 radical (unpaired) electrons. The molecule has 0 saturated heterocycles. The molecular formula is C23H31N5. The van der Waals surface area contributed by atoms with Crippen LogP contribution in [-0.2, 0) is 0 Å². The van der Waals surface area contributed by atoms with E-state index in [9.17, 15) is 0 Å². The molecule has 1 fully saturated rings. The molecule has 0 amide bonds. The zero-order chi connectivity index (χ0) is 19.7. The standard InChI is InChI=1S/C23H31N5/c1-5-13-27(14-6-2)23-17(4)22(26-21-11-12-24-28(21)23)25-20-10-9-19(15-16(20)3)18-7-8-18/h9-12,15,18H,5-8,13-14H2,1-4H3,(H,25,26). The summed E-state index contributed by atoms with van der Waals surface area (Å²) in [5.74, 6) is 2.84. The summed E-state index contributed by atoms with van der Waals surface area (Å²) in [5.41, 5.74) is 5.90. The molecule has 1 aromatic carbocycles. The van der Waals surface area contributed by atoms with Crippen molar-refractivity contribution in [2.24, 2.45) is 0 Å². The highest BCUT2D eigenvalue weighted by Crippen LogP contribution is 2.41. The number of fused-ring (bicyclic) bond motifs is 1. The Hall–Kier alpha value is -2.56. The zero-order valence-corrected chi connectivity index (χ0v) is 17.5. The molecule has 3 aromatic rings. The summed E-state index contributed by atoms with van der Waals surface area (Å²) in [6.45, 7) is 10.8. The Labute approximate surface area is 167 Å². The number of aryl methyl sites for hydroxylation is 1. The summed E-state index contributed by atoms with van der Waals surface area (Å²) in [5, 5.41) is 8.16. The molecule has 0 spiro atoms. The lowest BCUT2D eigenvalue weighted by Gasteiger charge is -2.27. The predicted octanol–water partition coefficient (Wildman–Crippen LogP) is 5.59. The third kappa shape index (κ3) is 3.58. The molecule has 148 valence electrons. The Morgan fingerprint density at radius 1 is 1.11 bits per heavy atom. The fourth-order valence-electron chi connectivity index (χ4n) is 3.99. The van der Waals surface area contributed by atoms with Gasteiger partial charge in [-0.25, -0.2) is 4.98 Å². The van der Waals surface area contributed by atoms with Gasteiger partial charge in [0.1, 0.15) is 11.6 Å². The number of rotatable bonds is 8. The number of nitrogens with one attached hydrogen (secondary N) is 1. The van der Waals surface area contributed by atoms with Crippen molar-refractivity contribution in [1.82, 2.24) is 14.6 Å². The van der Waals surface area contributed by atoms with Gasteiger partial charge in [0, 0.05) is 30.4 Å². The molecule has 1 N–H and O–H groups in total. The van der Waals surface area contributed by atoms with Gasteiger partial charge in [0.2, 0.25) is 0 Å². The number of hydrogen-bond acceptors (Lipinski definition) is 4. The summed E-state index contributed by atoms with van der Waals surface area (Å²) in [4.78, 5) is 7.30. The van der Waals surface area contributed by atoms with Crippen LogP contribution in [0.3, 0.4) is 0 Å². The van der Waals surface area contributed by atoms with E-state index in [4.69, 9.17) is 4.98 Å². The smallest absolute Gasteiger partial charge is 0.159 e. The summed E-state index contributed by atoms with van der Waals surface area (Å²) in [6.07, 6.45) is 6.71. The highest BCUT2D eigenvalue weighted by Gasteiger charge is 2.24. The first-order valence-electron chi connectivity index (χ1n) is 10.6. The van der Waals surface area contributed by atoms with E-state index in [1.165, 1.54) is 24.0 Å². The minimum atomic E-state index is 0.777. The van der Waals surface area contributed by atoms with Crippen LogP contribution in [0.2, 0.25) is 0 Å². The van der Waals surface area contributed by atoms with Crippen LogP contribution in [0.5, 0.6) is 0 Å². The van der Waals surface area contributed by atoms with Crippen molar-refractivity contribution < 1.29 is 0 Å². The van der Waals surface area contributed by atoms with E-state index in [0.717, 1.165) is 60.4 Å². The molecule has 5 heteroatoms. The van der Waals surface area contributed by atoms with Crippen LogP contribution in [0.25, 0.3) is 5.65 Å². The molecule has 28 heavy (non-hydrogen) atoms.